The molecule has 5 heteroatoms. The highest BCUT2D eigenvalue weighted by molar-refractivity contribution is 7.99. The first-order valence-electron chi connectivity index (χ1n) is 7.49. The van der Waals surface area contributed by atoms with Gasteiger partial charge in [0.15, 0.2) is 0 Å². The molecule has 1 saturated carbocycles. The first-order valence-corrected chi connectivity index (χ1v) is 8.78. The Bertz CT molecular complexity index is 420. The van der Waals surface area contributed by atoms with E-state index in [1.807, 2.05) is 24.8 Å². The zero-order valence-corrected chi connectivity index (χ0v) is 13.5. The van der Waals surface area contributed by atoms with E-state index in [1.165, 1.54) is 25.7 Å². The van der Waals surface area contributed by atoms with Crippen LogP contribution in [0.3, 0.4) is 0 Å². The van der Waals surface area contributed by atoms with Crippen molar-refractivity contribution in [2.24, 2.45) is 0 Å². The second kappa shape index (κ2) is 7.72. The van der Waals surface area contributed by atoms with Gasteiger partial charge >= 0.3 is 0 Å². The van der Waals surface area contributed by atoms with E-state index >= 15 is 0 Å². The van der Waals surface area contributed by atoms with E-state index in [1.54, 1.807) is 0 Å². The monoisotopic (exact) mass is 295 g/mol. The quantitative estimate of drug-likeness (QED) is 0.868. The Kier molecular flexibility index (Phi) is 5.95. The van der Waals surface area contributed by atoms with Crippen LogP contribution >= 0.6 is 11.8 Å². The van der Waals surface area contributed by atoms with Crippen molar-refractivity contribution in [2.75, 3.05) is 18.2 Å². The third-order valence-corrected chi connectivity index (χ3v) is 4.76. The Morgan fingerprint density at radius 1 is 1.30 bits per heavy atom. The number of hydrogen-bond acceptors (Lipinski definition) is 5. The Labute approximate surface area is 126 Å². The number of nitrogens with zero attached hydrogens (tertiary/aromatic N) is 2. The van der Waals surface area contributed by atoms with Crippen LogP contribution in [-0.2, 0) is 0 Å². The zero-order chi connectivity index (χ0) is 14.4. The number of thioether (sulfide) groups is 1. The van der Waals surface area contributed by atoms with Gasteiger partial charge in [-0.25, -0.2) is 4.98 Å². The van der Waals surface area contributed by atoms with Gasteiger partial charge in [0.1, 0.15) is 0 Å². The molecule has 20 heavy (non-hydrogen) atoms. The number of nitrogens with one attached hydrogen (secondary N) is 1. The summed E-state index contributed by atoms with van der Waals surface area (Å²) >= 11 is 1.99. The van der Waals surface area contributed by atoms with Crippen LogP contribution in [0.2, 0.25) is 0 Å². The molecule has 0 unspecified atom stereocenters. The molecule has 2 rings (SSSR count). The average Bonchev–Trinajstić information content (AvgIpc) is 2.45. The Morgan fingerprint density at radius 2 is 2.05 bits per heavy atom. The molecule has 4 nitrogen and oxygen atoms in total. The first-order chi connectivity index (χ1) is 9.71. The summed E-state index contributed by atoms with van der Waals surface area (Å²) < 4.78 is 5.61. The molecule has 0 spiro atoms. The molecule has 1 aromatic heterocycles. The highest BCUT2D eigenvalue weighted by Gasteiger charge is 2.21. The summed E-state index contributed by atoms with van der Waals surface area (Å²) in [5.41, 5.74) is 0.950. The summed E-state index contributed by atoms with van der Waals surface area (Å²) in [6.45, 7) is 4.78. The van der Waals surface area contributed by atoms with Crippen molar-refractivity contribution in [3.63, 3.8) is 0 Å². The van der Waals surface area contributed by atoms with Gasteiger partial charge in [-0.2, -0.15) is 16.7 Å². The van der Waals surface area contributed by atoms with Gasteiger partial charge in [-0.3, -0.25) is 0 Å². The van der Waals surface area contributed by atoms with Gasteiger partial charge in [-0.05, 0) is 45.3 Å². The highest BCUT2D eigenvalue weighted by atomic mass is 32.2. The molecular weight excluding hydrogens is 270 g/mol. The summed E-state index contributed by atoms with van der Waals surface area (Å²) in [6, 6.07) is 2.39. The van der Waals surface area contributed by atoms with E-state index in [0.29, 0.717) is 24.5 Å². The molecule has 1 fully saturated rings. The predicted octanol–water partition coefficient (Wildman–Crippen LogP) is 3.66. The topological polar surface area (TPSA) is 47.0 Å². The van der Waals surface area contributed by atoms with Crippen LogP contribution in [-0.4, -0.2) is 34.1 Å². The minimum Gasteiger partial charge on any atom is -0.478 e. The van der Waals surface area contributed by atoms with Crippen LogP contribution in [0.15, 0.2) is 6.07 Å². The normalized spacial score (nSPS) is 22.6. The Balaban J connectivity index is 1.93. The van der Waals surface area contributed by atoms with E-state index in [2.05, 4.69) is 28.5 Å². The number of aromatic nitrogens is 2. The number of ether oxygens (including phenoxy) is 1. The fourth-order valence-electron chi connectivity index (χ4n) is 2.51. The predicted molar refractivity (Wildman–Crippen MR) is 85.7 cm³/mol. The second-order valence-corrected chi connectivity index (χ2v) is 6.51. The van der Waals surface area contributed by atoms with Crippen LogP contribution in [0, 0.1) is 6.92 Å². The van der Waals surface area contributed by atoms with Gasteiger partial charge in [-0.15, -0.1) is 0 Å². The van der Waals surface area contributed by atoms with Crippen LogP contribution in [0.4, 0.5) is 5.95 Å². The average molecular weight is 295 g/mol. The van der Waals surface area contributed by atoms with E-state index in [-0.39, 0.29) is 0 Å². The van der Waals surface area contributed by atoms with Crippen molar-refractivity contribution < 1.29 is 4.74 Å². The molecular formula is C15H25N3OS. The number of anilines is 1. The van der Waals surface area contributed by atoms with Crippen molar-refractivity contribution >= 4 is 17.7 Å². The SMILES string of the molecule is CCCOc1cc(C)nc(NC2CCC(SC)CC2)n1. The lowest BCUT2D eigenvalue weighted by Gasteiger charge is -2.28. The molecule has 1 aliphatic carbocycles. The van der Waals surface area contributed by atoms with Gasteiger partial charge in [0.2, 0.25) is 11.8 Å². The third kappa shape index (κ3) is 4.54. The molecule has 0 atom stereocenters. The molecule has 0 aromatic carbocycles. The minimum atomic E-state index is 0.499. The van der Waals surface area contributed by atoms with Crippen molar-refractivity contribution in [2.45, 2.75) is 57.2 Å². The highest BCUT2D eigenvalue weighted by Crippen LogP contribution is 2.28. The molecule has 1 heterocycles. The molecule has 0 saturated heterocycles. The minimum absolute atomic E-state index is 0.499. The molecule has 0 amide bonds. The molecule has 0 bridgehead atoms. The van der Waals surface area contributed by atoms with Crippen LogP contribution in [0.25, 0.3) is 0 Å². The Morgan fingerprint density at radius 3 is 2.70 bits per heavy atom. The lowest BCUT2D eigenvalue weighted by Crippen LogP contribution is -2.28. The smallest absolute Gasteiger partial charge is 0.226 e. The summed E-state index contributed by atoms with van der Waals surface area (Å²) in [4.78, 5) is 8.92. The van der Waals surface area contributed by atoms with E-state index in [4.69, 9.17) is 4.74 Å². The maximum atomic E-state index is 5.61. The number of aryl methyl sites for hydroxylation is 1. The molecule has 0 aliphatic heterocycles. The largest absolute Gasteiger partial charge is 0.478 e. The first kappa shape index (κ1) is 15.4. The lowest BCUT2D eigenvalue weighted by atomic mass is 9.95. The van der Waals surface area contributed by atoms with Crippen molar-refractivity contribution in [1.82, 2.24) is 9.97 Å². The maximum Gasteiger partial charge on any atom is 0.226 e. The molecule has 1 aromatic rings. The maximum absolute atomic E-state index is 5.61. The fraction of sp³-hybridized carbons (Fsp3) is 0.733. The standard InChI is InChI=1S/C15H25N3OS/c1-4-9-19-14-10-11(2)16-15(18-14)17-12-5-7-13(20-3)8-6-12/h10,12-13H,4-9H2,1-3H3,(H,16,17,18). The third-order valence-electron chi connectivity index (χ3n) is 3.63. The molecule has 1 N–H and O–H groups in total. The van der Waals surface area contributed by atoms with Crippen LogP contribution < -0.4 is 10.1 Å². The van der Waals surface area contributed by atoms with Crippen molar-refractivity contribution in [1.29, 1.82) is 0 Å². The van der Waals surface area contributed by atoms with Gasteiger partial charge in [-0.1, -0.05) is 6.92 Å². The van der Waals surface area contributed by atoms with Crippen molar-refractivity contribution in [3.8, 4) is 5.88 Å². The number of rotatable bonds is 6. The summed E-state index contributed by atoms with van der Waals surface area (Å²) in [7, 11) is 0. The molecule has 1 aliphatic rings. The summed E-state index contributed by atoms with van der Waals surface area (Å²) in [6.07, 6.45) is 8.17. The van der Waals surface area contributed by atoms with E-state index < -0.39 is 0 Å². The summed E-state index contributed by atoms with van der Waals surface area (Å²) in [5, 5.41) is 4.30. The molecule has 112 valence electrons. The Hall–Kier alpha value is -0.970. The van der Waals surface area contributed by atoms with Gasteiger partial charge in [0.05, 0.1) is 6.61 Å². The van der Waals surface area contributed by atoms with Crippen LogP contribution in [0.1, 0.15) is 44.7 Å². The van der Waals surface area contributed by atoms with Gasteiger partial charge in [0, 0.05) is 23.1 Å². The zero-order valence-electron chi connectivity index (χ0n) is 12.7. The lowest BCUT2D eigenvalue weighted by molar-refractivity contribution is 0.304. The van der Waals surface area contributed by atoms with Crippen LogP contribution in [0.5, 0.6) is 5.88 Å². The molecule has 0 radical (unpaired) electrons. The second-order valence-electron chi connectivity index (χ2n) is 5.37. The van der Waals surface area contributed by atoms with E-state index in [9.17, 15) is 0 Å². The van der Waals surface area contributed by atoms with E-state index in [0.717, 1.165) is 17.4 Å². The fourth-order valence-corrected chi connectivity index (χ4v) is 3.25. The summed E-state index contributed by atoms with van der Waals surface area (Å²) in [5.74, 6) is 1.39. The van der Waals surface area contributed by atoms with Crippen molar-refractivity contribution in [3.05, 3.63) is 11.8 Å². The van der Waals surface area contributed by atoms with Gasteiger partial charge in [0.25, 0.3) is 0 Å². The number of hydrogen-bond donors (Lipinski definition) is 1. The van der Waals surface area contributed by atoms with Gasteiger partial charge < -0.3 is 10.1 Å².